The molecule has 1 amide bonds. The second kappa shape index (κ2) is 10.7. The number of aliphatic hydroxyl groups is 1. The molecule has 0 bridgehead atoms. The van der Waals surface area contributed by atoms with E-state index in [1.165, 1.54) is 14.2 Å². The zero-order valence-electron chi connectivity index (χ0n) is 17.5. The number of ether oxygens (including phenoxy) is 3. The van der Waals surface area contributed by atoms with E-state index in [2.05, 4.69) is 6.58 Å². The van der Waals surface area contributed by atoms with E-state index < -0.39 is 30.0 Å². The fraction of sp³-hybridized carbons (Fsp3) is 0.500. The van der Waals surface area contributed by atoms with E-state index in [1.807, 2.05) is 30.3 Å². The van der Waals surface area contributed by atoms with E-state index in [-0.39, 0.29) is 6.10 Å². The molecule has 0 spiro atoms. The van der Waals surface area contributed by atoms with Gasteiger partial charge in [-0.25, -0.2) is 5.06 Å². The van der Waals surface area contributed by atoms with Crippen LogP contribution < -0.4 is 0 Å². The smallest absolute Gasteiger partial charge is 0.277 e. The Morgan fingerprint density at radius 1 is 1.31 bits per heavy atom. The molecule has 1 aromatic carbocycles. The first-order valence-electron chi connectivity index (χ1n) is 9.57. The molecule has 0 aromatic heterocycles. The number of carbonyl (C=O) groups is 1. The van der Waals surface area contributed by atoms with E-state index in [9.17, 15) is 9.90 Å². The highest BCUT2D eigenvalue weighted by molar-refractivity contribution is 5.80. The van der Waals surface area contributed by atoms with Crippen LogP contribution in [0.5, 0.6) is 0 Å². The van der Waals surface area contributed by atoms with Gasteiger partial charge in [-0.05, 0) is 25.8 Å². The van der Waals surface area contributed by atoms with Crippen LogP contribution in [0.25, 0.3) is 0 Å². The third-order valence-electron chi connectivity index (χ3n) is 4.52. The predicted molar refractivity (Wildman–Crippen MR) is 109 cm³/mol. The highest BCUT2D eigenvalue weighted by Crippen LogP contribution is 2.31. The molecule has 160 valence electrons. The first-order valence-corrected chi connectivity index (χ1v) is 9.57. The van der Waals surface area contributed by atoms with E-state index in [0.717, 1.165) is 10.6 Å². The van der Waals surface area contributed by atoms with Crippen LogP contribution in [0, 0.1) is 0 Å². The fourth-order valence-electron chi connectivity index (χ4n) is 2.99. The summed E-state index contributed by atoms with van der Waals surface area (Å²) in [5.74, 6) is -1.43. The highest BCUT2D eigenvalue weighted by Gasteiger charge is 2.48. The summed E-state index contributed by atoms with van der Waals surface area (Å²) in [5, 5.41) is 11.7. The Balaban J connectivity index is 2.05. The monoisotopic (exact) mass is 405 g/mol. The van der Waals surface area contributed by atoms with Crippen LogP contribution in [0.2, 0.25) is 0 Å². The Labute approximate surface area is 172 Å². The standard InChI is InChI=1S/C22H31NO6/c1-6-10-17(27-15-16-11-8-7-9-12-16)13-14-18(24)19-20(21(25)23(4)26-5)29-22(2,3)28-19/h6-9,11-14,17-20,24H,1,10,15H2,2-5H3/b14-13+/t17-,18-,19+,20-/m0/s1. The molecule has 1 fully saturated rings. The largest absolute Gasteiger partial charge is 0.386 e. The maximum atomic E-state index is 12.5. The molecule has 0 radical (unpaired) electrons. The maximum Gasteiger partial charge on any atom is 0.277 e. The van der Waals surface area contributed by atoms with E-state index in [0.29, 0.717) is 13.0 Å². The summed E-state index contributed by atoms with van der Waals surface area (Å²) < 4.78 is 17.4. The number of amides is 1. The Morgan fingerprint density at radius 3 is 2.62 bits per heavy atom. The molecule has 2 rings (SSSR count). The Hall–Kier alpha value is -2.03. The lowest BCUT2D eigenvalue weighted by molar-refractivity contribution is -0.187. The van der Waals surface area contributed by atoms with Gasteiger partial charge in [0.15, 0.2) is 11.9 Å². The summed E-state index contributed by atoms with van der Waals surface area (Å²) in [6.45, 7) is 7.59. The first kappa shape index (κ1) is 23.3. The molecule has 4 atom stereocenters. The summed E-state index contributed by atoms with van der Waals surface area (Å²) in [6.07, 6.45) is 2.47. The van der Waals surface area contributed by atoms with Gasteiger partial charge in [0.25, 0.3) is 5.91 Å². The van der Waals surface area contributed by atoms with Crippen molar-refractivity contribution >= 4 is 5.91 Å². The van der Waals surface area contributed by atoms with Gasteiger partial charge in [0.1, 0.15) is 12.2 Å². The van der Waals surface area contributed by atoms with Crippen molar-refractivity contribution in [3.05, 3.63) is 60.7 Å². The number of hydrogen-bond acceptors (Lipinski definition) is 6. The maximum absolute atomic E-state index is 12.5. The number of hydroxylamine groups is 2. The lowest BCUT2D eigenvalue weighted by Gasteiger charge is -2.23. The van der Waals surface area contributed by atoms with Crippen molar-refractivity contribution in [2.75, 3.05) is 14.2 Å². The van der Waals surface area contributed by atoms with Gasteiger partial charge in [0, 0.05) is 7.05 Å². The molecule has 1 aliphatic heterocycles. The number of aliphatic hydroxyl groups excluding tert-OH is 1. The number of hydrogen-bond donors (Lipinski definition) is 1. The first-order chi connectivity index (χ1) is 13.8. The van der Waals surface area contributed by atoms with Crippen LogP contribution >= 0.6 is 0 Å². The van der Waals surface area contributed by atoms with Gasteiger partial charge in [-0.2, -0.15) is 0 Å². The molecule has 1 saturated heterocycles. The molecule has 1 heterocycles. The summed E-state index contributed by atoms with van der Waals surface area (Å²) in [6, 6.07) is 9.82. The van der Waals surface area contributed by atoms with E-state index in [4.69, 9.17) is 19.0 Å². The molecule has 0 saturated carbocycles. The Bertz CT molecular complexity index is 690. The van der Waals surface area contributed by atoms with Crippen molar-refractivity contribution in [3.8, 4) is 0 Å². The molecule has 1 N–H and O–H groups in total. The lowest BCUT2D eigenvalue weighted by atomic mass is 10.1. The van der Waals surface area contributed by atoms with Crippen molar-refractivity contribution in [1.29, 1.82) is 0 Å². The summed E-state index contributed by atoms with van der Waals surface area (Å²) in [5.41, 5.74) is 1.05. The second-order valence-electron chi connectivity index (χ2n) is 7.27. The van der Waals surface area contributed by atoms with Gasteiger partial charge in [-0.1, -0.05) is 48.6 Å². The molecular formula is C22H31NO6. The van der Waals surface area contributed by atoms with Crippen LogP contribution in [0.4, 0.5) is 0 Å². The molecule has 29 heavy (non-hydrogen) atoms. The Morgan fingerprint density at radius 2 is 2.00 bits per heavy atom. The zero-order chi connectivity index (χ0) is 21.4. The van der Waals surface area contributed by atoms with Crippen LogP contribution in [0.15, 0.2) is 55.1 Å². The van der Waals surface area contributed by atoms with E-state index in [1.54, 1.807) is 32.1 Å². The van der Waals surface area contributed by atoms with Crippen LogP contribution in [-0.4, -0.2) is 60.4 Å². The quantitative estimate of drug-likeness (QED) is 0.476. The molecule has 1 aliphatic rings. The van der Waals surface area contributed by atoms with Crippen molar-refractivity contribution in [1.82, 2.24) is 5.06 Å². The van der Waals surface area contributed by atoms with Crippen LogP contribution in [0.3, 0.4) is 0 Å². The third kappa shape index (κ3) is 6.76. The second-order valence-corrected chi connectivity index (χ2v) is 7.27. The molecule has 0 unspecified atom stereocenters. The fourth-order valence-corrected chi connectivity index (χ4v) is 2.99. The van der Waals surface area contributed by atoms with Gasteiger partial charge in [-0.3, -0.25) is 9.63 Å². The minimum atomic E-state index is -1.07. The number of benzene rings is 1. The van der Waals surface area contributed by atoms with Gasteiger partial charge < -0.3 is 19.3 Å². The molecule has 1 aromatic rings. The molecular weight excluding hydrogens is 374 g/mol. The molecule has 0 aliphatic carbocycles. The lowest BCUT2D eigenvalue weighted by Crippen LogP contribution is -2.45. The summed E-state index contributed by atoms with van der Waals surface area (Å²) in [7, 11) is 2.86. The summed E-state index contributed by atoms with van der Waals surface area (Å²) in [4.78, 5) is 17.4. The molecule has 7 nitrogen and oxygen atoms in total. The predicted octanol–water partition coefficient (Wildman–Crippen LogP) is 2.60. The van der Waals surface area contributed by atoms with Crippen molar-refractivity contribution in [2.24, 2.45) is 0 Å². The van der Waals surface area contributed by atoms with Gasteiger partial charge in [0.2, 0.25) is 0 Å². The van der Waals surface area contributed by atoms with Crippen molar-refractivity contribution in [3.63, 3.8) is 0 Å². The van der Waals surface area contributed by atoms with Crippen molar-refractivity contribution < 1.29 is 28.9 Å². The van der Waals surface area contributed by atoms with Gasteiger partial charge >= 0.3 is 0 Å². The topological polar surface area (TPSA) is 77.5 Å². The minimum absolute atomic E-state index is 0.270. The van der Waals surface area contributed by atoms with Gasteiger partial charge in [0.05, 0.1) is 19.8 Å². The van der Waals surface area contributed by atoms with Crippen LogP contribution in [0.1, 0.15) is 25.8 Å². The average molecular weight is 405 g/mol. The molecule has 7 heteroatoms. The summed E-state index contributed by atoms with van der Waals surface area (Å²) >= 11 is 0. The number of nitrogens with zero attached hydrogens (tertiary/aromatic N) is 1. The van der Waals surface area contributed by atoms with Crippen LogP contribution in [-0.2, 0) is 30.4 Å². The highest BCUT2D eigenvalue weighted by atomic mass is 16.8. The SMILES string of the molecule is C=CC[C@@H](/C=C/[C@H](O)[C@H]1OC(C)(C)O[C@@H]1C(=O)N(C)OC)OCc1ccccc1. The minimum Gasteiger partial charge on any atom is -0.386 e. The number of rotatable bonds is 10. The van der Waals surface area contributed by atoms with E-state index >= 15 is 0 Å². The number of likely N-dealkylation sites (N-methyl/N-ethyl adjacent to an activating group) is 1. The third-order valence-corrected chi connectivity index (χ3v) is 4.52. The normalized spacial score (nSPS) is 23.1. The Kier molecular flexibility index (Phi) is 8.55. The average Bonchev–Trinajstić information content (AvgIpc) is 3.05. The number of carbonyl (C=O) groups excluding carboxylic acids is 1. The van der Waals surface area contributed by atoms with Crippen molar-refractivity contribution in [2.45, 2.75) is 57.1 Å². The zero-order valence-corrected chi connectivity index (χ0v) is 17.5. The van der Waals surface area contributed by atoms with Gasteiger partial charge in [-0.15, -0.1) is 6.58 Å².